The van der Waals surface area contributed by atoms with Crippen molar-refractivity contribution in [1.82, 2.24) is 24.6 Å². The third kappa shape index (κ3) is 9.15. The van der Waals surface area contributed by atoms with Crippen molar-refractivity contribution < 1.29 is 41.7 Å². The summed E-state index contributed by atoms with van der Waals surface area (Å²) in [5.41, 5.74) is 1.44. The molecule has 2 aromatic heterocycles. The Bertz CT molecular complexity index is 1520. The number of hydrogen-bond acceptors (Lipinski definition) is 12. The van der Waals surface area contributed by atoms with Crippen molar-refractivity contribution in [3.05, 3.63) is 55.2 Å². The second kappa shape index (κ2) is 15.0. The third-order valence-electron chi connectivity index (χ3n) is 6.95. The van der Waals surface area contributed by atoms with Crippen molar-refractivity contribution in [2.24, 2.45) is 0 Å². The third-order valence-corrected chi connectivity index (χ3v) is 6.95. The summed E-state index contributed by atoms with van der Waals surface area (Å²) < 4.78 is 60.3. The number of hydrogen-bond donors (Lipinski definition) is 2. The van der Waals surface area contributed by atoms with Gasteiger partial charge in [0.05, 0.1) is 44.5 Å². The summed E-state index contributed by atoms with van der Waals surface area (Å²) in [6, 6.07) is 6.05. The number of amides is 1. The van der Waals surface area contributed by atoms with Gasteiger partial charge in [0.15, 0.2) is 5.76 Å². The van der Waals surface area contributed by atoms with Crippen LogP contribution >= 0.6 is 0 Å². The zero-order chi connectivity index (χ0) is 32.5. The molecule has 0 bridgehead atoms. The number of benzene rings is 1. The molecule has 2 aliphatic heterocycles. The molecule has 0 spiro atoms. The fourth-order valence-electron chi connectivity index (χ4n) is 4.64. The molecule has 246 valence electrons. The van der Waals surface area contributed by atoms with Crippen molar-refractivity contribution in [3.8, 4) is 11.6 Å². The van der Waals surface area contributed by atoms with E-state index in [2.05, 4.69) is 41.9 Å². The number of carbonyl (C=O) groups is 2. The van der Waals surface area contributed by atoms with Crippen LogP contribution in [0.4, 0.5) is 36.2 Å². The van der Waals surface area contributed by atoms with E-state index in [0.29, 0.717) is 37.7 Å². The number of rotatable bonds is 12. The summed E-state index contributed by atoms with van der Waals surface area (Å²) in [7, 11) is 0. The molecule has 5 rings (SSSR count). The topological polar surface area (TPSA) is 145 Å². The van der Waals surface area contributed by atoms with Gasteiger partial charge in [0.25, 0.3) is 5.91 Å². The lowest BCUT2D eigenvalue weighted by molar-refractivity contribution is -0.195. The number of ether oxygens (including phenoxy) is 4. The monoisotopic (exact) mass is 646 g/mol. The van der Waals surface area contributed by atoms with Gasteiger partial charge in [-0.3, -0.25) is 14.4 Å². The van der Waals surface area contributed by atoms with E-state index in [1.54, 1.807) is 24.5 Å². The first-order chi connectivity index (χ1) is 22.1. The molecule has 0 atom stereocenters. The van der Waals surface area contributed by atoms with Gasteiger partial charge in [0.1, 0.15) is 11.4 Å². The van der Waals surface area contributed by atoms with E-state index < -0.39 is 23.8 Å². The number of alkyl halides is 3. The minimum atomic E-state index is -5.27. The molecule has 0 aliphatic carbocycles. The molecule has 2 aliphatic rings. The molecule has 2 fully saturated rings. The number of morpholine rings is 2. The summed E-state index contributed by atoms with van der Waals surface area (Å²) in [4.78, 5) is 36.8. The van der Waals surface area contributed by atoms with Gasteiger partial charge < -0.3 is 34.5 Å². The molecule has 3 aromatic rings. The van der Waals surface area contributed by atoms with Crippen LogP contribution in [-0.2, 0) is 30.3 Å². The van der Waals surface area contributed by atoms with Crippen molar-refractivity contribution in [1.29, 1.82) is 0 Å². The van der Waals surface area contributed by atoms with Crippen LogP contribution in [0.25, 0.3) is 0 Å². The molecule has 17 heteroatoms. The molecule has 1 amide bonds. The Kier molecular flexibility index (Phi) is 10.7. The van der Waals surface area contributed by atoms with Crippen LogP contribution in [-0.4, -0.2) is 102 Å². The second-order valence-corrected chi connectivity index (χ2v) is 10.3. The lowest BCUT2D eigenvalue weighted by Crippen LogP contribution is -2.37. The van der Waals surface area contributed by atoms with Gasteiger partial charge in [-0.2, -0.15) is 23.3 Å². The number of halogens is 3. The molecule has 0 saturated carbocycles. The first-order valence-corrected chi connectivity index (χ1v) is 14.5. The Balaban J connectivity index is 1.26. The number of esters is 1. The van der Waals surface area contributed by atoms with E-state index >= 15 is 0 Å². The van der Waals surface area contributed by atoms with Gasteiger partial charge in [0.2, 0.25) is 11.8 Å². The fraction of sp³-hybridized carbons (Fsp3) is 0.414. The van der Waals surface area contributed by atoms with Gasteiger partial charge in [-0.15, -0.1) is 0 Å². The molecule has 46 heavy (non-hydrogen) atoms. The van der Waals surface area contributed by atoms with E-state index in [1.807, 2.05) is 15.8 Å². The highest BCUT2D eigenvalue weighted by molar-refractivity contribution is 6.03. The zero-order valence-electron chi connectivity index (χ0n) is 24.8. The van der Waals surface area contributed by atoms with Crippen LogP contribution < -0.4 is 20.3 Å². The number of nitrogens with one attached hydrogen (secondary N) is 2. The average molecular weight is 647 g/mol. The maximum atomic E-state index is 12.5. The predicted octanol–water partition coefficient (Wildman–Crippen LogP) is 3.33. The molecule has 1 aromatic carbocycles. The van der Waals surface area contributed by atoms with Gasteiger partial charge >= 0.3 is 12.1 Å². The highest BCUT2D eigenvalue weighted by Gasteiger charge is 2.42. The highest BCUT2D eigenvalue weighted by Crippen LogP contribution is 2.33. The second-order valence-electron chi connectivity index (χ2n) is 10.3. The lowest BCUT2D eigenvalue weighted by atomic mass is 10.3. The van der Waals surface area contributed by atoms with Crippen molar-refractivity contribution in [2.75, 3.05) is 74.7 Å². The predicted molar refractivity (Wildman–Crippen MR) is 159 cm³/mol. The van der Waals surface area contributed by atoms with Gasteiger partial charge in [-0.25, -0.2) is 9.78 Å². The van der Waals surface area contributed by atoms with Crippen LogP contribution in [0, 0.1) is 0 Å². The Morgan fingerprint density at radius 2 is 1.74 bits per heavy atom. The number of carbonyl (C=O) groups excluding carboxylic acids is 2. The number of nitrogens with zero attached hydrogens (tertiary/aromatic N) is 6. The molecule has 4 heterocycles. The summed E-state index contributed by atoms with van der Waals surface area (Å²) in [5, 5.41) is 9.91. The van der Waals surface area contributed by atoms with E-state index in [-0.39, 0.29) is 23.3 Å². The van der Waals surface area contributed by atoms with E-state index in [0.717, 1.165) is 45.8 Å². The summed E-state index contributed by atoms with van der Waals surface area (Å²) in [6.07, 6.45) is 0.846. The molecule has 0 unspecified atom stereocenters. The molecule has 2 N–H and O–H groups in total. The fourth-order valence-corrected chi connectivity index (χ4v) is 4.64. The first kappa shape index (κ1) is 32.6. The molecule has 2 saturated heterocycles. The maximum Gasteiger partial charge on any atom is 0.491 e. The summed E-state index contributed by atoms with van der Waals surface area (Å²) in [5.74, 6) is -3.99. The van der Waals surface area contributed by atoms with Gasteiger partial charge in [0, 0.05) is 57.2 Å². The Morgan fingerprint density at radius 3 is 2.48 bits per heavy atom. The standard InChI is InChI=1S/C29H33F3N8O6/c1-20(45-27(42)29(30,31)32)25(41)35-21-4-2-5-23(16-21)46-26-24(39-10-14-44-15-11-39)18-33-28(37-26)36-22-17-34-40(19-22)7-3-6-38-8-12-43-13-9-38/h2,4-5,16-19H,1,3,6-15H2,(H,35,41)(H,33,36,37). The lowest BCUT2D eigenvalue weighted by Gasteiger charge is -2.29. The van der Waals surface area contributed by atoms with E-state index in [4.69, 9.17) is 14.2 Å². The van der Waals surface area contributed by atoms with Crippen molar-refractivity contribution in [2.45, 2.75) is 19.1 Å². The normalized spacial score (nSPS) is 15.7. The molecule has 0 radical (unpaired) electrons. The minimum Gasteiger partial charge on any atom is -0.437 e. The SMILES string of the molecule is C=C(OC(=O)C(F)(F)F)C(=O)Nc1cccc(Oc2nc(Nc3cnn(CCCN4CCOCC4)c3)ncc2N2CCOCC2)c1. The zero-order valence-corrected chi connectivity index (χ0v) is 24.8. The smallest absolute Gasteiger partial charge is 0.437 e. The van der Waals surface area contributed by atoms with Crippen LogP contribution in [0.3, 0.4) is 0 Å². The van der Waals surface area contributed by atoms with E-state index in [1.165, 1.54) is 12.1 Å². The van der Waals surface area contributed by atoms with Crippen LogP contribution in [0.15, 0.2) is 55.2 Å². The summed E-state index contributed by atoms with van der Waals surface area (Å²) >= 11 is 0. The first-order valence-electron chi connectivity index (χ1n) is 14.5. The number of anilines is 4. The molecule has 14 nitrogen and oxygen atoms in total. The van der Waals surface area contributed by atoms with Crippen molar-refractivity contribution >= 4 is 34.9 Å². The summed E-state index contributed by atoms with van der Waals surface area (Å²) in [6.45, 7) is 10.4. The Labute approximate surface area is 262 Å². The average Bonchev–Trinajstić information content (AvgIpc) is 3.48. The van der Waals surface area contributed by atoms with Gasteiger partial charge in [-0.1, -0.05) is 12.6 Å². The van der Waals surface area contributed by atoms with Gasteiger partial charge in [-0.05, 0) is 18.6 Å². The largest absolute Gasteiger partial charge is 0.491 e. The van der Waals surface area contributed by atoms with Crippen LogP contribution in [0.5, 0.6) is 11.6 Å². The molecular weight excluding hydrogens is 613 g/mol. The Hall–Kier alpha value is -4.74. The molecular formula is C29H33F3N8O6. The Morgan fingerprint density at radius 1 is 1.00 bits per heavy atom. The van der Waals surface area contributed by atoms with E-state index in [9.17, 15) is 22.8 Å². The maximum absolute atomic E-state index is 12.5. The van der Waals surface area contributed by atoms with Crippen LogP contribution in [0.1, 0.15) is 6.42 Å². The number of aromatic nitrogens is 4. The highest BCUT2D eigenvalue weighted by atomic mass is 19.4. The van der Waals surface area contributed by atoms with Crippen molar-refractivity contribution in [3.63, 3.8) is 0 Å². The minimum absolute atomic E-state index is 0.146. The number of aryl methyl sites for hydroxylation is 1. The quantitative estimate of drug-likeness (QED) is 0.169. The van der Waals surface area contributed by atoms with Crippen LogP contribution in [0.2, 0.25) is 0 Å².